The third kappa shape index (κ3) is 4.42. The smallest absolute Gasteiger partial charge is 0.306 e. The van der Waals surface area contributed by atoms with Gasteiger partial charge in [-0.25, -0.2) is 0 Å². The minimum atomic E-state index is -1.99. The Morgan fingerprint density at radius 2 is 1.68 bits per heavy atom. The number of hydrogen-bond acceptors (Lipinski definition) is 8. The molecule has 0 bridgehead atoms. The molecule has 0 unspecified atom stereocenters. The number of fused-ring (bicyclic) bond motifs is 5. The first-order valence-corrected chi connectivity index (χ1v) is 14.9. The van der Waals surface area contributed by atoms with Crippen molar-refractivity contribution in [1.29, 1.82) is 0 Å². The van der Waals surface area contributed by atoms with E-state index in [1.807, 2.05) is 27.7 Å². The molecule has 0 spiro atoms. The molecule has 0 aliphatic heterocycles. The predicted octanol–water partition coefficient (Wildman–Crippen LogP) is 3.89. The van der Waals surface area contributed by atoms with Crippen molar-refractivity contribution in [2.45, 2.75) is 118 Å². The number of carbonyl (C=O) groups is 4. The zero-order valence-corrected chi connectivity index (χ0v) is 26.0. The number of carbonyl (C=O) groups excluding carboxylic acids is 4. The van der Waals surface area contributed by atoms with Crippen molar-refractivity contribution in [2.75, 3.05) is 0 Å². The third-order valence-corrected chi connectivity index (χ3v) is 11.8. The minimum Gasteiger partial charge on any atom is -0.455 e. The number of rotatable bonds is 6. The molecule has 0 aromatic rings. The second-order valence-corrected chi connectivity index (χ2v) is 15.0. The molecule has 8 heteroatoms. The lowest BCUT2D eigenvalue weighted by Gasteiger charge is -2.64. The van der Waals surface area contributed by atoms with E-state index in [0.717, 1.165) is 5.57 Å². The van der Waals surface area contributed by atoms with Crippen LogP contribution >= 0.6 is 0 Å². The summed E-state index contributed by atoms with van der Waals surface area (Å²) in [5, 5.41) is 34.1. The molecule has 3 saturated carbocycles. The van der Waals surface area contributed by atoms with Crippen LogP contribution in [-0.4, -0.2) is 62.0 Å². The quantitative estimate of drug-likeness (QED) is 0.248. The topological polar surface area (TPSA) is 138 Å². The molecule has 4 aliphatic rings. The lowest BCUT2D eigenvalue weighted by Crippen LogP contribution is -2.65. The Balaban J connectivity index is 1.73. The van der Waals surface area contributed by atoms with Crippen LogP contribution in [0.1, 0.15) is 94.4 Å². The molecule has 0 saturated heterocycles. The second-order valence-electron chi connectivity index (χ2n) is 15.0. The van der Waals surface area contributed by atoms with Gasteiger partial charge in [0.2, 0.25) is 0 Å². The molecule has 0 amide bonds. The van der Waals surface area contributed by atoms with Crippen LogP contribution in [-0.2, 0) is 23.9 Å². The number of Topliss-reactive ketones (excluding diaryl/α,β-unsaturated/α-hetero) is 2. The number of hydrogen-bond donors (Lipinski definition) is 3. The summed E-state index contributed by atoms with van der Waals surface area (Å²) in [6.45, 7) is 15.9. The van der Waals surface area contributed by atoms with E-state index in [9.17, 15) is 34.5 Å². The van der Waals surface area contributed by atoms with Crippen molar-refractivity contribution in [3.63, 3.8) is 0 Å². The van der Waals surface area contributed by atoms with Crippen LogP contribution in [0.25, 0.3) is 0 Å². The zero-order valence-electron chi connectivity index (χ0n) is 26.0. The maximum atomic E-state index is 14.3. The van der Waals surface area contributed by atoms with Crippen molar-refractivity contribution >= 4 is 23.3 Å². The van der Waals surface area contributed by atoms with Gasteiger partial charge in [0.1, 0.15) is 23.1 Å². The maximum absolute atomic E-state index is 14.3. The van der Waals surface area contributed by atoms with Crippen LogP contribution in [0.5, 0.6) is 0 Å². The van der Waals surface area contributed by atoms with Gasteiger partial charge in [0.25, 0.3) is 0 Å². The fraction of sp³-hybridized carbons (Fsp3) is 0.758. The number of aliphatic hydroxyl groups is 3. The Kier molecular flexibility index (Phi) is 7.50. The van der Waals surface area contributed by atoms with E-state index in [-0.39, 0.29) is 42.7 Å². The van der Waals surface area contributed by atoms with Gasteiger partial charge in [0, 0.05) is 29.6 Å². The van der Waals surface area contributed by atoms with E-state index in [4.69, 9.17) is 4.74 Å². The van der Waals surface area contributed by atoms with Gasteiger partial charge in [-0.2, -0.15) is 0 Å². The average molecular weight is 573 g/mol. The third-order valence-electron chi connectivity index (χ3n) is 11.8. The molecule has 0 heterocycles. The standard InChI is InChI=1S/C33H48O8/c1-10-25(38)41-28(2,3)14-13-23(36)33(9,40)26-21(35)16-30(6)22-12-11-18-19(15-20(34)27(39)29(18,4)5)32(22,8)24(37)17-31(26,30)7/h11,13-14,19-22,26,34-35,40H,10,12,15-17H2,1-9H3/b14-13+/t19-,20+,21-,22+,26+,30+,31-,32+,33+/m1/s1. The van der Waals surface area contributed by atoms with Gasteiger partial charge in [-0.3, -0.25) is 19.2 Å². The van der Waals surface area contributed by atoms with Crippen molar-refractivity contribution in [1.82, 2.24) is 0 Å². The first kappa shape index (κ1) is 31.8. The van der Waals surface area contributed by atoms with Gasteiger partial charge in [0.15, 0.2) is 11.6 Å². The van der Waals surface area contributed by atoms with Crippen LogP contribution in [0.2, 0.25) is 0 Å². The molecule has 3 N–H and O–H groups in total. The Morgan fingerprint density at radius 3 is 2.27 bits per heavy atom. The molecule has 228 valence electrons. The average Bonchev–Trinajstić information content (AvgIpc) is 3.06. The van der Waals surface area contributed by atoms with Crippen LogP contribution < -0.4 is 0 Å². The van der Waals surface area contributed by atoms with Crippen molar-refractivity contribution in [3.8, 4) is 0 Å². The highest BCUT2D eigenvalue weighted by Gasteiger charge is 2.74. The lowest BCUT2D eigenvalue weighted by molar-refractivity contribution is -0.183. The van der Waals surface area contributed by atoms with Crippen molar-refractivity contribution in [2.24, 2.45) is 39.4 Å². The molecule has 4 rings (SSSR count). The molecule has 8 nitrogen and oxygen atoms in total. The van der Waals surface area contributed by atoms with Crippen LogP contribution in [0.15, 0.2) is 23.8 Å². The number of aliphatic hydroxyl groups excluding tert-OH is 2. The number of ketones is 3. The Morgan fingerprint density at radius 1 is 1.07 bits per heavy atom. The largest absolute Gasteiger partial charge is 0.455 e. The Labute approximate surface area is 243 Å². The summed E-state index contributed by atoms with van der Waals surface area (Å²) >= 11 is 0. The highest BCUT2D eigenvalue weighted by Crippen LogP contribution is 2.74. The van der Waals surface area contributed by atoms with E-state index >= 15 is 0 Å². The molecule has 0 aromatic carbocycles. The van der Waals surface area contributed by atoms with Crippen molar-refractivity contribution in [3.05, 3.63) is 23.8 Å². The second kappa shape index (κ2) is 9.68. The molecular weight excluding hydrogens is 524 g/mol. The van der Waals surface area contributed by atoms with Crippen molar-refractivity contribution < 1.29 is 39.2 Å². The molecular formula is C33H48O8. The van der Waals surface area contributed by atoms with E-state index in [2.05, 4.69) is 13.0 Å². The van der Waals surface area contributed by atoms with Crippen LogP contribution in [0, 0.1) is 39.4 Å². The summed E-state index contributed by atoms with van der Waals surface area (Å²) in [7, 11) is 0. The summed E-state index contributed by atoms with van der Waals surface area (Å²) in [5.74, 6) is -2.76. The molecule has 3 fully saturated rings. The monoisotopic (exact) mass is 572 g/mol. The zero-order chi connectivity index (χ0) is 31.1. The highest BCUT2D eigenvalue weighted by molar-refractivity contribution is 5.98. The van der Waals surface area contributed by atoms with Gasteiger partial charge in [-0.1, -0.05) is 39.3 Å². The Hall–Kier alpha value is -2.16. The number of esters is 1. The highest BCUT2D eigenvalue weighted by atomic mass is 16.6. The van der Waals surface area contributed by atoms with E-state index in [1.54, 1.807) is 20.8 Å². The van der Waals surface area contributed by atoms with Gasteiger partial charge < -0.3 is 20.1 Å². The van der Waals surface area contributed by atoms with Gasteiger partial charge in [-0.05, 0) is 88.7 Å². The first-order valence-electron chi connectivity index (χ1n) is 14.9. The predicted molar refractivity (Wildman–Crippen MR) is 152 cm³/mol. The van der Waals surface area contributed by atoms with E-state index in [0.29, 0.717) is 12.8 Å². The normalized spacial score (nSPS) is 41.7. The molecule has 41 heavy (non-hydrogen) atoms. The van der Waals surface area contributed by atoms with Gasteiger partial charge in [0.05, 0.1) is 6.10 Å². The summed E-state index contributed by atoms with van der Waals surface area (Å²) in [5.41, 5.74) is -5.43. The fourth-order valence-electron chi connectivity index (χ4n) is 9.39. The lowest BCUT2D eigenvalue weighted by atomic mass is 9.38. The molecule has 9 atom stereocenters. The summed E-state index contributed by atoms with van der Waals surface area (Å²) in [6.07, 6.45) is 3.78. The van der Waals surface area contributed by atoms with Gasteiger partial charge >= 0.3 is 5.97 Å². The van der Waals surface area contributed by atoms with E-state index < -0.39 is 62.7 Å². The Bertz CT molecular complexity index is 1220. The minimum absolute atomic E-state index is 0.0269. The summed E-state index contributed by atoms with van der Waals surface area (Å²) in [4.78, 5) is 52.5. The molecule has 0 aromatic heterocycles. The summed E-state index contributed by atoms with van der Waals surface area (Å²) in [6, 6.07) is 0. The maximum Gasteiger partial charge on any atom is 0.306 e. The summed E-state index contributed by atoms with van der Waals surface area (Å²) < 4.78 is 5.38. The first-order chi connectivity index (χ1) is 18.6. The van der Waals surface area contributed by atoms with Crippen LogP contribution in [0.3, 0.4) is 0 Å². The number of allylic oxidation sites excluding steroid dienone is 2. The molecule has 4 aliphatic carbocycles. The van der Waals surface area contributed by atoms with E-state index in [1.165, 1.54) is 19.1 Å². The van der Waals surface area contributed by atoms with Crippen LogP contribution in [0.4, 0.5) is 0 Å². The fourth-order valence-corrected chi connectivity index (χ4v) is 9.39. The SMILES string of the molecule is CCC(=O)OC(C)(C)/C=C/C(=O)[C@](C)(O)[C@H]1[C@H](O)C[C@@]2(C)[C@@H]3CC=C4[C@@H](C[C@H](O)C(=O)C4(C)C)[C@]3(C)C(=O)C[C@]12C. The molecule has 0 radical (unpaired) electrons. The van der Waals surface area contributed by atoms with Gasteiger partial charge in [-0.15, -0.1) is 0 Å². The number of ether oxygens (including phenoxy) is 1.